The number of carbonyl (C=O) groups is 1. The van der Waals surface area contributed by atoms with Gasteiger partial charge in [0.25, 0.3) is 0 Å². The monoisotopic (exact) mass is 287 g/mol. The second-order valence-electron chi connectivity index (χ2n) is 5.16. The molecule has 2 rings (SSSR count). The van der Waals surface area contributed by atoms with Gasteiger partial charge in [-0.3, -0.25) is 4.79 Å². The topological polar surface area (TPSA) is 85.8 Å². The highest BCUT2D eigenvalue weighted by Gasteiger charge is 2.12. The molecule has 0 bridgehead atoms. The lowest BCUT2D eigenvalue weighted by Crippen LogP contribution is -2.21. The van der Waals surface area contributed by atoms with E-state index >= 15 is 0 Å². The third-order valence-electron chi connectivity index (χ3n) is 3.41. The van der Waals surface area contributed by atoms with Gasteiger partial charge >= 0.3 is 0 Å². The molecule has 0 aliphatic rings. The van der Waals surface area contributed by atoms with E-state index < -0.39 is 0 Å². The maximum atomic E-state index is 12.0. The average molecular weight is 287 g/mol. The summed E-state index contributed by atoms with van der Waals surface area (Å²) in [5, 5.41) is 10.8. The Balaban J connectivity index is 2.00. The normalized spacial score (nSPS) is 12.1. The Kier molecular flexibility index (Phi) is 5.05. The van der Waals surface area contributed by atoms with Crippen LogP contribution in [0.5, 0.6) is 0 Å². The maximum absolute atomic E-state index is 12.0. The number of benzene rings is 1. The standard InChI is InChI=1S/C15H21N5O/c1-11(4-3-9-16)15(21)18-13-7-5-12(6-8-13)14-19-17-10-20(14)2/h5-8,10-11H,3-4,9,16H2,1-2H3,(H,18,21). The highest BCUT2D eigenvalue weighted by Crippen LogP contribution is 2.19. The summed E-state index contributed by atoms with van der Waals surface area (Å²) in [6.07, 6.45) is 3.32. The van der Waals surface area contributed by atoms with Crippen molar-refractivity contribution in [1.82, 2.24) is 14.8 Å². The summed E-state index contributed by atoms with van der Waals surface area (Å²) in [5.41, 5.74) is 7.21. The van der Waals surface area contributed by atoms with Crippen LogP contribution in [0.3, 0.4) is 0 Å². The average Bonchev–Trinajstić information content (AvgIpc) is 2.91. The zero-order valence-electron chi connectivity index (χ0n) is 12.4. The van der Waals surface area contributed by atoms with Gasteiger partial charge in [0.15, 0.2) is 5.82 Å². The van der Waals surface area contributed by atoms with Gasteiger partial charge in [-0.25, -0.2) is 0 Å². The molecule has 2 aromatic rings. The molecule has 0 spiro atoms. The number of aryl methyl sites for hydroxylation is 1. The summed E-state index contributed by atoms with van der Waals surface area (Å²) in [4.78, 5) is 12.0. The van der Waals surface area contributed by atoms with Gasteiger partial charge in [-0.05, 0) is 43.7 Å². The predicted molar refractivity (Wildman–Crippen MR) is 82.5 cm³/mol. The van der Waals surface area contributed by atoms with Gasteiger partial charge in [0, 0.05) is 24.2 Å². The number of hydrogen-bond acceptors (Lipinski definition) is 4. The first-order valence-electron chi connectivity index (χ1n) is 7.07. The Morgan fingerprint density at radius 2 is 2.10 bits per heavy atom. The zero-order chi connectivity index (χ0) is 15.2. The fraction of sp³-hybridized carbons (Fsp3) is 0.400. The van der Waals surface area contributed by atoms with Gasteiger partial charge in [0.1, 0.15) is 6.33 Å². The molecule has 1 heterocycles. The van der Waals surface area contributed by atoms with Crippen LogP contribution in [0.25, 0.3) is 11.4 Å². The minimum atomic E-state index is -0.0352. The molecule has 3 N–H and O–H groups in total. The third kappa shape index (κ3) is 3.88. The number of rotatable bonds is 6. The molecular formula is C15H21N5O. The Morgan fingerprint density at radius 1 is 1.38 bits per heavy atom. The van der Waals surface area contributed by atoms with E-state index in [0.717, 1.165) is 29.9 Å². The van der Waals surface area contributed by atoms with Crippen LogP contribution in [0.2, 0.25) is 0 Å². The summed E-state index contributed by atoms with van der Waals surface area (Å²) in [5.74, 6) is 0.783. The molecule has 0 saturated heterocycles. The molecule has 1 unspecified atom stereocenters. The predicted octanol–water partition coefficient (Wildman–Crippen LogP) is 1.80. The molecular weight excluding hydrogens is 266 g/mol. The van der Waals surface area contributed by atoms with Crippen LogP contribution in [0.15, 0.2) is 30.6 Å². The molecule has 0 aliphatic heterocycles. The van der Waals surface area contributed by atoms with Crippen LogP contribution in [0.1, 0.15) is 19.8 Å². The van der Waals surface area contributed by atoms with Crippen LogP contribution in [-0.2, 0) is 11.8 Å². The number of nitrogens with zero attached hydrogens (tertiary/aromatic N) is 3. The van der Waals surface area contributed by atoms with E-state index in [9.17, 15) is 4.79 Å². The maximum Gasteiger partial charge on any atom is 0.227 e. The number of anilines is 1. The first-order valence-corrected chi connectivity index (χ1v) is 7.07. The Morgan fingerprint density at radius 3 is 2.67 bits per heavy atom. The van der Waals surface area contributed by atoms with Crippen LogP contribution < -0.4 is 11.1 Å². The van der Waals surface area contributed by atoms with Gasteiger partial charge in [0.05, 0.1) is 0 Å². The molecule has 1 aromatic carbocycles. The molecule has 0 radical (unpaired) electrons. The molecule has 1 amide bonds. The minimum absolute atomic E-state index is 0.0230. The molecule has 0 fully saturated rings. The van der Waals surface area contributed by atoms with Crippen molar-refractivity contribution in [3.05, 3.63) is 30.6 Å². The number of aromatic nitrogens is 3. The van der Waals surface area contributed by atoms with Crippen molar-refractivity contribution in [2.75, 3.05) is 11.9 Å². The molecule has 6 heteroatoms. The molecule has 1 atom stereocenters. The Bertz CT molecular complexity index is 590. The first kappa shape index (κ1) is 15.2. The molecule has 0 aliphatic carbocycles. The molecule has 0 saturated carbocycles. The SMILES string of the molecule is CC(CCCN)C(=O)Nc1ccc(-c2nncn2C)cc1. The van der Waals surface area contributed by atoms with E-state index in [1.165, 1.54) is 0 Å². The van der Waals surface area contributed by atoms with Crippen molar-refractivity contribution in [2.45, 2.75) is 19.8 Å². The third-order valence-corrected chi connectivity index (χ3v) is 3.41. The second kappa shape index (κ2) is 6.99. The molecule has 1 aromatic heterocycles. The summed E-state index contributed by atoms with van der Waals surface area (Å²) < 4.78 is 1.85. The first-order chi connectivity index (χ1) is 10.1. The summed E-state index contributed by atoms with van der Waals surface area (Å²) in [7, 11) is 1.89. The summed E-state index contributed by atoms with van der Waals surface area (Å²) in [6.45, 7) is 2.53. The highest BCUT2D eigenvalue weighted by atomic mass is 16.1. The van der Waals surface area contributed by atoms with E-state index in [-0.39, 0.29) is 11.8 Å². The van der Waals surface area contributed by atoms with Crippen LogP contribution in [0, 0.1) is 5.92 Å². The number of carbonyl (C=O) groups excluding carboxylic acids is 1. The van der Waals surface area contributed by atoms with Crippen LogP contribution in [0.4, 0.5) is 5.69 Å². The second-order valence-corrected chi connectivity index (χ2v) is 5.16. The number of amides is 1. The molecule has 21 heavy (non-hydrogen) atoms. The van der Waals surface area contributed by atoms with Crippen molar-refractivity contribution in [1.29, 1.82) is 0 Å². The van der Waals surface area contributed by atoms with Gasteiger partial charge in [-0.1, -0.05) is 6.92 Å². The van der Waals surface area contributed by atoms with Crippen molar-refractivity contribution in [3.63, 3.8) is 0 Å². The largest absolute Gasteiger partial charge is 0.330 e. The highest BCUT2D eigenvalue weighted by molar-refractivity contribution is 5.92. The van der Waals surface area contributed by atoms with Gasteiger partial charge in [0.2, 0.25) is 5.91 Å². The van der Waals surface area contributed by atoms with Crippen molar-refractivity contribution >= 4 is 11.6 Å². The number of nitrogens with one attached hydrogen (secondary N) is 1. The summed E-state index contributed by atoms with van der Waals surface area (Å²) in [6, 6.07) is 7.59. The molecule has 6 nitrogen and oxygen atoms in total. The van der Waals surface area contributed by atoms with Gasteiger partial charge in [-0.2, -0.15) is 0 Å². The quantitative estimate of drug-likeness (QED) is 0.848. The number of nitrogens with two attached hydrogens (primary N) is 1. The lowest BCUT2D eigenvalue weighted by molar-refractivity contribution is -0.119. The van der Waals surface area contributed by atoms with E-state index in [0.29, 0.717) is 6.54 Å². The van der Waals surface area contributed by atoms with Crippen LogP contribution in [-0.4, -0.2) is 27.2 Å². The van der Waals surface area contributed by atoms with Gasteiger partial charge in [-0.15, -0.1) is 10.2 Å². The van der Waals surface area contributed by atoms with Crippen molar-refractivity contribution < 1.29 is 4.79 Å². The minimum Gasteiger partial charge on any atom is -0.330 e. The van der Waals surface area contributed by atoms with Crippen molar-refractivity contribution in [2.24, 2.45) is 18.7 Å². The van der Waals surface area contributed by atoms with E-state index in [1.807, 2.05) is 42.8 Å². The number of hydrogen-bond donors (Lipinski definition) is 2. The Labute approximate surface area is 124 Å². The lowest BCUT2D eigenvalue weighted by atomic mass is 10.0. The zero-order valence-corrected chi connectivity index (χ0v) is 12.4. The fourth-order valence-corrected chi connectivity index (χ4v) is 2.07. The smallest absolute Gasteiger partial charge is 0.227 e. The molecule has 112 valence electrons. The van der Waals surface area contributed by atoms with Crippen LogP contribution >= 0.6 is 0 Å². The fourth-order valence-electron chi connectivity index (χ4n) is 2.07. The van der Waals surface area contributed by atoms with Gasteiger partial charge < -0.3 is 15.6 Å². The van der Waals surface area contributed by atoms with Crippen molar-refractivity contribution in [3.8, 4) is 11.4 Å². The lowest BCUT2D eigenvalue weighted by Gasteiger charge is -2.12. The van der Waals surface area contributed by atoms with E-state index in [2.05, 4.69) is 15.5 Å². The Hall–Kier alpha value is -2.21. The van der Waals surface area contributed by atoms with E-state index in [4.69, 9.17) is 5.73 Å². The van der Waals surface area contributed by atoms with E-state index in [1.54, 1.807) is 6.33 Å². The summed E-state index contributed by atoms with van der Waals surface area (Å²) >= 11 is 0.